The van der Waals surface area contributed by atoms with Crippen LogP contribution in [-0.4, -0.2) is 53.9 Å². The number of carbonyl (C=O) groups excluding carboxylic acids is 1. The van der Waals surface area contributed by atoms with Gasteiger partial charge in [-0.3, -0.25) is 4.79 Å². The Morgan fingerprint density at radius 1 is 1.00 bits per heavy atom. The van der Waals surface area contributed by atoms with Gasteiger partial charge in [0.05, 0.1) is 19.5 Å². The third-order valence-electron chi connectivity index (χ3n) is 6.30. The van der Waals surface area contributed by atoms with Gasteiger partial charge in [-0.25, -0.2) is 28.1 Å². The molecule has 1 aliphatic heterocycles. The molecule has 0 unspecified atom stereocenters. The van der Waals surface area contributed by atoms with E-state index in [1.54, 1.807) is 11.3 Å². The SMILES string of the molecule is O=C(Cc1cccs1)NCCc1ccc2c(c1)OCO2.OC(Cn1cncn1)(Cn1cncn1)c1ccc(F)cc1F. The molecule has 4 heterocycles. The number of hydrogen-bond acceptors (Lipinski definition) is 9. The van der Waals surface area contributed by atoms with E-state index in [9.17, 15) is 18.7 Å². The van der Waals surface area contributed by atoms with E-state index in [2.05, 4.69) is 25.5 Å². The third kappa shape index (κ3) is 7.53. The van der Waals surface area contributed by atoms with Crippen LogP contribution in [0.25, 0.3) is 0 Å². The molecule has 0 radical (unpaired) electrons. The molecule has 218 valence electrons. The standard InChI is InChI=1S/C15H15NO3S.C13H12F2N6O/c17-15(9-12-2-1-7-20-12)16-6-5-11-3-4-13-14(8-11)19-10-18-13;14-10-1-2-11(12(15)3-10)13(22,4-20-8-16-6-18-20)5-21-9-17-7-19-21/h1-4,7-8H,5-6,9-10H2,(H,16,17);1-3,6-9,22H,4-5H2. The van der Waals surface area contributed by atoms with Crippen molar-refractivity contribution in [1.29, 1.82) is 0 Å². The Balaban J connectivity index is 0.000000169. The van der Waals surface area contributed by atoms with Crippen LogP contribution in [0.15, 0.2) is 79.2 Å². The Bertz CT molecular complexity index is 1550. The van der Waals surface area contributed by atoms with Crippen LogP contribution in [0.4, 0.5) is 8.78 Å². The van der Waals surface area contributed by atoms with Gasteiger partial charge in [-0.05, 0) is 41.6 Å². The molecule has 0 saturated carbocycles. The highest BCUT2D eigenvalue weighted by atomic mass is 32.1. The average molecular weight is 596 g/mol. The van der Waals surface area contributed by atoms with E-state index >= 15 is 0 Å². The number of ether oxygens (including phenoxy) is 2. The minimum absolute atomic E-state index is 0.0556. The Morgan fingerprint density at radius 3 is 2.38 bits per heavy atom. The minimum atomic E-state index is -1.70. The van der Waals surface area contributed by atoms with Crippen molar-refractivity contribution in [3.05, 3.63) is 107 Å². The van der Waals surface area contributed by atoms with Gasteiger partial charge in [-0.1, -0.05) is 18.2 Å². The van der Waals surface area contributed by atoms with E-state index in [0.717, 1.165) is 40.5 Å². The van der Waals surface area contributed by atoms with Gasteiger partial charge in [0.25, 0.3) is 0 Å². The number of nitrogens with zero attached hydrogens (tertiary/aromatic N) is 6. The normalized spacial score (nSPS) is 12.1. The van der Waals surface area contributed by atoms with Crippen molar-refractivity contribution < 1.29 is 28.2 Å². The number of hydrogen-bond donors (Lipinski definition) is 2. The second kappa shape index (κ2) is 13.3. The lowest BCUT2D eigenvalue weighted by Crippen LogP contribution is -2.37. The van der Waals surface area contributed by atoms with Gasteiger partial charge in [0.15, 0.2) is 11.5 Å². The van der Waals surface area contributed by atoms with Crippen LogP contribution in [0, 0.1) is 11.6 Å². The number of halogens is 2. The molecule has 1 aliphatic rings. The maximum absolute atomic E-state index is 14.1. The fraction of sp³-hybridized carbons (Fsp3) is 0.250. The van der Waals surface area contributed by atoms with Gasteiger partial charge >= 0.3 is 0 Å². The molecule has 6 rings (SSSR count). The second-order valence-corrected chi connectivity index (χ2v) is 10.4. The van der Waals surface area contributed by atoms with Crippen LogP contribution in [-0.2, 0) is 36.3 Å². The summed E-state index contributed by atoms with van der Waals surface area (Å²) in [5, 5.41) is 23.7. The quantitative estimate of drug-likeness (QED) is 0.252. The largest absolute Gasteiger partial charge is 0.454 e. The van der Waals surface area contributed by atoms with Crippen LogP contribution < -0.4 is 14.8 Å². The highest BCUT2D eigenvalue weighted by Gasteiger charge is 2.34. The summed E-state index contributed by atoms with van der Waals surface area (Å²) in [6, 6.07) is 12.8. The number of thiophene rings is 1. The zero-order valence-corrected chi connectivity index (χ0v) is 23.1. The second-order valence-electron chi connectivity index (χ2n) is 9.39. The molecule has 1 amide bonds. The van der Waals surface area contributed by atoms with Crippen LogP contribution in [0.1, 0.15) is 16.0 Å². The van der Waals surface area contributed by atoms with Crippen molar-refractivity contribution >= 4 is 17.2 Å². The molecule has 14 heteroatoms. The maximum atomic E-state index is 14.1. The number of nitrogens with one attached hydrogen (secondary N) is 1. The molecule has 0 aliphatic carbocycles. The van der Waals surface area contributed by atoms with Crippen LogP contribution in [0.5, 0.6) is 11.5 Å². The van der Waals surface area contributed by atoms with Crippen LogP contribution >= 0.6 is 11.3 Å². The van der Waals surface area contributed by atoms with Crippen molar-refractivity contribution in [2.24, 2.45) is 0 Å². The van der Waals surface area contributed by atoms with Crippen molar-refractivity contribution in [3.8, 4) is 11.5 Å². The van der Waals surface area contributed by atoms with Crippen LogP contribution in [0.3, 0.4) is 0 Å². The molecule has 2 N–H and O–H groups in total. The van der Waals surface area contributed by atoms with Gasteiger partial charge in [0.2, 0.25) is 12.7 Å². The predicted octanol–water partition coefficient (Wildman–Crippen LogP) is 3.11. The number of rotatable bonds is 10. The molecule has 11 nitrogen and oxygen atoms in total. The summed E-state index contributed by atoms with van der Waals surface area (Å²) >= 11 is 1.60. The average Bonchev–Trinajstić information content (AvgIpc) is 3.78. The van der Waals surface area contributed by atoms with E-state index in [4.69, 9.17) is 9.47 Å². The number of amides is 1. The fourth-order valence-electron chi connectivity index (χ4n) is 4.33. The molecule has 5 aromatic rings. The summed E-state index contributed by atoms with van der Waals surface area (Å²) < 4.78 is 40.5. The molecule has 3 aromatic heterocycles. The predicted molar refractivity (Wildman–Crippen MR) is 148 cm³/mol. The molecular formula is C28H27F2N7O4S. The molecular weight excluding hydrogens is 568 g/mol. The Morgan fingerprint density at radius 2 is 1.74 bits per heavy atom. The van der Waals surface area contributed by atoms with Crippen molar-refractivity contribution in [1.82, 2.24) is 34.8 Å². The van der Waals surface area contributed by atoms with Crippen molar-refractivity contribution in [2.45, 2.75) is 31.5 Å². The van der Waals surface area contributed by atoms with E-state index in [0.29, 0.717) is 13.0 Å². The molecule has 42 heavy (non-hydrogen) atoms. The first-order chi connectivity index (χ1) is 20.4. The molecule has 0 atom stereocenters. The smallest absolute Gasteiger partial charge is 0.231 e. The van der Waals surface area contributed by atoms with Gasteiger partial charge in [0, 0.05) is 23.1 Å². The molecule has 0 saturated heterocycles. The van der Waals surface area contributed by atoms with Gasteiger partial charge in [-0.2, -0.15) is 10.2 Å². The Hall–Kier alpha value is -4.69. The fourth-order valence-corrected chi connectivity index (χ4v) is 5.03. The van der Waals surface area contributed by atoms with E-state index in [1.165, 1.54) is 40.7 Å². The number of aromatic nitrogens is 6. The van der Waals surface area contributed by atoms with E-state index in [-0.39, 0.29) is 31.4 Å². The number of benzene rings is 2. The summed E-state index contributed by atoms with van der Waals surface area (Å²) in [6.07, 6.45) is 6.64. The lowest BCUT2D eigenvalue weighted by atomic mass is 9.93. The Labute approximate surface area is 243 Å². The molecule has 0 fully saturated rings. The number of aliphatic hydroxyl groups is 1. The van der Waals surface area contributed by atoms with Gasteiger partial charge in [0.1, 0.15) is 42.5 Å². The zero-order valence-electron chi connectivity index (χ0n) is 22.3. The topological polar surface area (TPSA) is 129 Å². The highest BCUT2D eigenvalue weighted by molar-refractivity contribution is 7.10. The summed E-state index contributed by atoms with van der Waals surface area (Å²) in [7, 11) is 0. The molecule has 2 aromatic carbocycles. The van der Waals surface area contributed by atoms with E-state index in [1.807, 2.05) is 35.7 Å². The van der Waals surface area contributed by atoms with Crippen LogP contribution in [0.2, 0.25) is 0 Å². The number of fused-ring (bicyclic) bond motifs is 1. The Kier molecular flexibility index (Phi) is 9.14. The van der Waals surface area contributed by atoms with E-state index < -0.39 is 17.2 Å². The molecule has 0 spiro atoms. The summed E-state index contributed by atoms with van der Waals surface area (Å²) in [6.45, 7) is 0.769. The first-order valence-electron chi connectivity index (χ1n) is 12.9. The molecule has 0 bridgehead atoms. The number of carbonyl (C=O) groups is 1. The summed E-state index contributed by atoms with van der Waals surface area (Å²) in [5.74, 6) is 0.0731. The first-order valence-corrected chi connectivity index (χ1v) is 13.8. The van der Waals surface area contributed by atoms with Gasteiger partial charge < -0.3 is 19.9 Å². The highest BCUT2D eigenvalue weighted by Crippen LogP contribution is 2.32. The summed E-state index contributed by atoms with van der Waals surface area (Å²) in [5.41, 5.74) is -0.621. The minimum Gasteiger partial charge on any atom is -0.454 e. The van der Waals surface area contributed by atoms with Crippen molar-refractivity contribution in [3.63, 3.8) is 0 Å². The zero-order chi connectivity index (χ0) is 29.4. The lowest BCUT2D eigenvalue weighted by Gasteiger charge is -2.28. The third-order valence-corrected chi connectivity index (χ3v) is 7.18. The lowest BCUT2D eigenvalue weighted by molar-refractivity contribution is -0.120. The van der Waals surface area contributed by atoms with Gasteiger partial charge in [-0.15, -0.1) is 11.3 Å². The monoisotopic (exact) mass is 595 g/mol. The maximum Gasteiger partial charge on any atom is 0.231 e. The van der Waals surface area contributed by atoms with Crippen molar-refractivity contribution in [2.75, 3.05) is 13.3 Å². The summed E-state index contributed by atoms with van der Waals surface area (Å²) in [4.78, 5) is 20.4. The first kappa shape index (κ1) is 28.8.